The molecule has 0 aliphatic carbocycles. The molecule has 406 valence electrons. The largest absolute Gasteiger partial charge is 0.472 e. The first-order chi connectivity index (χ1) is 32.9. The van der Waals surface area contributed by atoms with E-state index in [1.807, 2.05) is 12.2 Å². The number of hydrogen-bond acceptors (Lipinski definition) is 14. The average Bonchev–Trinajstić information content (AvgIpc) is 3.28. The van der Waals surface area contributed by atoms with Crippen molar-refractivity contribution in [1.82, 2.24) is 0 Å². The highest BCUT2D eigenvalue weighted by molar-refractivity contribution is 7.47. The maximum Gasteiger partial charge on any atom is 0.472 e. The van der Waals surface area contributed by atoms with Gasteiger partial charge in [-0.1, -0.05) is 180 Å². The number of hydrogen-bond donors (Lipinski definition) is 7. The minimum Gasteiger partial charge on any atom is -0.462 e. The predicted molar refractivity (Wildman–Crippen MR) is 266 cm³/mol. The molecule has 0 saturated carbocycles. The molecule has 19 heteroatoms. The summed E-state index contributed by atoms with van der Waals surface area (Å²) in [5.74, 6) is -0.748. The van der Waals surface area contributed by atoms with Crippen LogP contribution in [0.4, 0.5) is 0 Å². The molecule has 0 aromatic carbocycles. The minimum atomic E-state index is -4.90. The lowest BCUT2D eigenvalue weighted by atomic mass is 9.87. The van der Waals surface area contributed by atoms with Gasteiger partial charge in [0.2, 0.25) is 0 Å². The fraction of sp³-hybridized carbons (Fsp3) is 0.880. The molecule has 8 atom stereocenters. The van der Waals surface area contributed by atoms with Gasteiger partial charge in [0.05, 0.1) is 38.1 Å². The van der Waals surface area contributed by atoms with Crippen LogP contribution in [-0.4, -0.2) is 110 Å². The summed E-state index contributed by atoms with van der Waals surface area (Å²) in [6, 6.07) is 0. The molecule has 1 heterocycles. The van der Waals surface area contributed by atoms with Crippen LogP contribution < -0.4 is 0 Å². The van der Waals surface area contributed by atoms with Gasteiger partial charge >= 0.3 is 27.6 Å². The van der Waals surface area contributed by atoms with Crippen LogP contribution in [-0.2, 0) is 46.5 Å². The first-order valence-corrected chi connectivity index (χ1v) is 29.3. The highest BCUT2D eigenvalue weighted by Crippen LogP contribution is 2.44. The molecule has 1 fully saturated rings. The Morgan fingerprint density at radius 3 is 1.74 bits per heavy atom. The molecule has 0 aromatic rings. The number of esters is 2. The van der Waals surface area contributed by atoms with Gasteiger partial charge < -0.3 is 49.3 Å². The van der Waals surface area contributed by atoms with Crippen LogP contribution >= 0.6 is 15.6 Å². The number of aliphatic hydroxyl groups is 4. The fourth-order valence-corrected chi connectivity index (χ4v) is 9.14. The Morgan fingerprint density at radius 1 is 0.652 bits per heavy atom. The Labute approximate surface area is 414 Å². The summed E-state index contributed by atoms with van der Waals surface area (Å²) in [5, 5.41) is 40.8. The lowest BCUT2D eigenvalue weighted by Gasteiger charge is -2.36. The second kappa shape index (κ2) is 40.9. The van der Waals surface area contributed by atoms with Crippen molar-refractivity contribution >= 4 is 27.6 Å². The van der Waals surface area contributed by atoms with Gasteiger partial charge in [-0.25, -0.2) is 9.13 Å². The number of phosphoric ester groups is 2. The van der Waals surface area contributed by atoms with Gasteiger partial charge in [0.25, 0.3) is 0 Å². The van der Waals surface area contributed by atoms with E-state index in [1.54, 1.807) is 12.2 Å². The number of rotatable bonds is 45. The molecule has 0 amide bonds. The third-order valence-corrected chi connectivity index (χ3v) is 13.5. The third kappa shape index (κ3) is 39.6. The Balaban J connectivity index is 2.47. The summed E-state index contributed by atoms with van der Waals surface area (Å²) in [7, 11) is -9.78. The van der Waals surface area contributed by atoms with Crippen molar-refractivity contribution in [3.8, 4) is 0 Å². The molecule has 0 spiro atoms. The van der Waals surface area contributed by atoms with Crippen LogP contribution in [0.25, 0.3) is 0 Å². The molecule has 69 heavy (non-hydrogen) atoms. The summed E-state index contributed by atoms with van der Waals surface area (Å²) in [6.45, 7) is 3.73. The van der Waals surface area contributed by atoms with Crippen molar-refractivity contribution in [1.29, 1.82) is 0 Å². The zero-order valence-electron chi connectivity index (χ0n) is 42.4. The van der Waals surface area contributed by atoms with E-state index in [4.69, 9.17) is 33.0 Å². The Hall–Kier alpha value is -1.56. The topological polar surface area (TPSA) is 265 Å². The van der Waals surface area contributed by atoms with E-state index in [9.17, 15) is 44.0 Å². The molecule has 0 radical (unpaired) electrons. The first-order valence-electron chi connectivity index (χ1n) is 26.3. The highest BCUT2D eigenvalue weighted by Gasteiger charge is 2.35. The van der Waals surface area contributed by atoms with Crippen molar-refractivity contribution in [2.75, 3.05) is 26.4 Å². The average molecular weight is 1030 g/mol. The lowest BCUT2D eigenvalue weighted by molar-refractivity contribution is -0.199. The van der Waals surface area contributed by atoms with E-state index in [0.717, 1.165) is 50.9 Å². The summed E-state index contributed by atoms with van der Waals surface area (Å²) in [5.41, 5.74) is 0. The van der Waals surface area contributed by atoms with Gasteiger partial charge in [0.1, 0.15) is 12.7 Å². The van der Waals surface area contributed by atoms with Crippen LogP contribution in [0.15, 0.2) is 24.3 Å². The molecular weight excluding hydrogens is 934 g/mol. The molecule has 0 bridgehead atoms. The fourth-order valence-electron chi connectivity index (χ4n) is 7.99. The van der Waals surface area contributed by atoms with Crippen molar-refractivity contribution in [3.63, 3.8) is 0 Å². The number of carbonyl (C=O) groups excluding carboxylic acids is 2. The summed E-state index contributed by atoms with van der Waals surface area (Å²) >= 11 is 0. The molecule has 0 aromatic heterocycles. The maximum atomic E-state index is 12.8. The first kappa shape index (κ1) is 65.5. The van der Waals surface area contributed by atoms with E-state index in [0.29, 0.717) is 32.1 Å². The van der Waals surface area contributed by atoms with E-state index < -0.39 is 90.8 Å². The number of unbranched alkanes of at least 4 members (excludes halogenated alkanes) is 20. The molecule has 1 saturated heterocycles. The van der Waals surface area contributed by atoms with Crippen LogP contribution in [0.5, 0.6) is 0 Å². The number of phosphoric acid groups is 2. The number of carbonyl (C=O) groups is 2. The third-order valence-electron chi connectivity index (χ3n) is 12.1. The minimum absolute atomic E-state index is 0.00366. The summed E-state index contributed by atoms with van der Waals surface area (Å²) in [4.78, 5) is 53.2. The monoisotopic (exact) mass is 1030 g/mol. The van der Waals surface area contributed by atoms with Gasteiger partial charge in [0.15, 0.2) is 12.4 Å². The van der Waals surface area contributed by atoms with E-state index in [-0.39, 0.29) is 25.2 Å². The normalized spacial score (nSPS) is 20.1. The van der Waals surface area contributed by atoms with Crippen molar-refractivity contribution in [2.24, 2.45) is 11.8 Å². The molecule has 1 aliphatic rings. The van der Waals surface area contributed by atoms with Gasteiger partial charge in [0, 0.05) is 25.2 Å². The van der Waals surface area contributed by atoms with Gasteiger partial charge in [-0.15, -0.1) is 0 Å². The van der Waals surface area contributed by atoms with Crippen LogP contribution in [0, 0.1) is 11.8 Å². The summed E-state index contributed by atoms with van der Waals surface area (Å²) < 4.78 is 53.7. The maximum absolute atomic E-state index is 12.8. The number of ether oxygens (including phenoxy) is 3. The smallest absolute Gasteiger partial charge is 0.462 e. The molecule has 17 nitrogen and oxygen atoms in total. The van der Waals surface area contributed by atoms with Crippen molar-refractivity contribution in [2.45, 2.75) is 244 Å². The molecule has 1 aliphatic heterocycles. The Bertz CT molecular complexity index is 1440. The van der Waals surface area contributed by atoms with Crippen molar-refractivity contribution in [3.05, 3.63) is 24.3 Å². The van der Waals surface area contributed by atoms with Crippen LogP contribution in [0.2, 0.25) is 0 Å². The molecule has 2 unspecified atom stereocenters. The Kier molecular flexibility index (Phi) is 38.8. The standard InChI is InChI=1S/C50H94O17P2/c1-4-5-24-30-42(51)34-35-47-45(46(53)36-50(56)67-47)31-26-22-23-27-32-48(54)62-39-44(40-65-69(60,61)64-38-43(52)37-63-68(57,58)59)66-49(55)33-28-21-19-17-15-13-11-9-7-6-8-10-12-14-16-18-20-25-29-41(2)3/h22,26,34-35,41-47,50-53,56H,4-21,23-25,27-33,36-40H2,1-3H3,(H,60,61)(H2,57,58,59)/b26-22-,35-34+/t42-,43-,44+,45-,46-,47+,50?/m0/s1. The molecular formula is C50H94O17P2. The second-order valence-corrected chi connectivity index (χ2v) is 21.9. The van der Waals surface area contributed by atoms with Crippen LogP contribution in [0.3, 0.4) is 0 Å². The number of aliphatic hydroxyl groups excluding tert-OH is 4. The zero-order chi connectivity index (χ0) is 51.2. The van der Waals surface area contributed by atoms with E-state index in [2.05, 4.69) is 25.3 Å². The predicted octanol–water partition coefficient (Wildman–Crippen LogP) is 10.2. The summed E-state index contributed by atoms with van der Waals surface area (Å²) in [6.07, 6.45) is 29.2. The van der Waals surface area contributed by atoms with Crippen LogP contribution in [0.1, 0.15) is 207 Å². The van der Waals surface area contributed by atoms with Gasteiger partial charge in [-0.2, -0.15) is 0 Å². The van der Waals surface area contributed by atoms with Gasteiger partial charge in [-0.3, -0.25) is 23.2 Å². The van der Waals surface area contributed by atoms with E-state index >= 15 is 0 Å². The Morgan fingerprint density at radius 2 is 1.17 bits per heavy atom. The van der Waals surface area contributed by atoms with E-state index in [1.165, 1.54) is 89.9 Å². The second-order valence-electron chi connectivity index (χ2n) is 19.2. The number of allylic oxidation sites excluding steroid dienone is 2. The molecule has 1 rings (SSSR count). The molecule has 7 N–H and O–H groups in total. The highest BCUT2D eigenvalue weighted by atomic mass is 31.2. The van der Waals surface area contributed by atoms with Gasteiger partial charge in [-0.05, 0) is 38.0 Å². The van der Waals surface area contributed by atoms with Crippen molar-refractivity contribution < 1.29 is 81.6 Å². The zero-order valence-corrected chi connectivity index (χ0v) is 44.2. The SMILES string of the molecule is CCCCC[C@H](O)/C=C/[C@H]1OC(O)C[C@H](O)[C@@H]1C/C=C\CCCC(=O)OC[C@H](COP(=O)(O)OC[C@@H](O)COP(=O)(O)O)OC(=O)CCCCCCCCCCCCCCCCCCCCC(C)C. The lowest BCUT2D eigenvalue weighted by Crippen LogP contribution is -2.43. The quantitative estimate of drug-likeness (QED) is 0.0129.